The lowest BCUT2D eigenvalue weighted by molar-refractivity contribution is 0.414. The van der Waals surface area contributed by atoms with Crippen molar-refractivity contribution in [2.45, 2.75) is 19.4 Å². The lowest BCUT2D eigenvalue weighted by Crippen LogP contribution is -2.23. The maximum Gasteiger partial charge on any atom is 0.124 e. The van der Waals surface area contributed by atoms with Gasteiger partial charge in [0.25, 0.3) is 0 Å². The van der Waals surface area contributed by atoms with Crippen molar-refractivity contribution in [2.75, 3.05) is 25.5 Å². The molecule has 1 saturated heterocycles. The van der Waals surface area contributed by atoms with Gasteiger partial charge in [0.15, 0.2) is 0 Å². The van der Waals surface area contributed by atoms with Gasteiger partial charge in [-0.05, 0) is 51.2 Å². The first-order valence-electron chi connectivity index (χ1n) is 6.64. The summed E-state index contributed by atoms with van der Waals surface area (Å²) in [7, 11) is 2.12. The standard InChI is InChI=1S/C15H18FN3/c1-10-7-15(18-12-5-6-19(2)9-12)13-8-11(16)3-4-14(13)17-10/h3-4,7-8,12H,5-6,9H2,1-2H3,(H,17,18). The van der Waals surface area contributed by atoms with Gasteiger partial charge < -0.3 is 10.2 Å². The minimum Gasteiger partial charge on any atom is -0.380 e. The topological polar surface area (TPSA) is 28.2 Å². The maximum absolute atomic E-state index is 13.4. The second kappa shape index (κ2) is 4.78. The van der Waals surface area contributed by atoms with Gasteiger partial charge in [-0.2, -0.15) is 0 Å². The number of aromatic nitrogens is 1. The number of nitrogens with one attached hydrogen (secondary N) is 1. The van der Waals surface area contributed by atoms with Crippen LogP contribution in [0.4, 0.5) is 10.1 Å². The van der Waals surface area contributed by atoms with E-state index in [4.69, 9.17) is 0 Å². The molecule has 4 heteroatoms. The highest BCUT2D eigenvalue weighted by atomic mass is 19.1. The maximum atomic E-state index is 13.4. The Morgan fingerprint density at radius 1 is 1.37 bits per heavy atom. The molecule has 100 valence electrons. The van der Waals surface area contributed by atoms with Gasteiger partial charge >= 0.3 is 0 Å². The molecule has 0 bridgehead atoms. The molecule has 0 aliphatic carbocycles. The van der Waals surface area contributed by atoms with E-state index in [0.717, 1.165) is 41.8 Å². The lowest BCUT2D eigenvalue weighted by Gasteiger charge is -2.16. The van der Waals surface area contributed by atoms with Crippen LogP contribution in [0.25, 0.3) is 10.9 Å². The van der Waals surface area contributed by atoms with E-state index in [1.54, 1.807) is 12.1 Å². The number of benzene rings is 1. The number of fused-ring (bicyclic) bond motifs is 1. The fourth-order valence-electron chi connectivity index (χ4n) is 2.72. The predicted molar refractivity (Wildman–Crippen MR) is 76.0 cm³/mol. The van der Waals surface area contributed by atoms with Gasteiger partial charge in [-0.25, -0.2) is 4.39 Å². The summed E-state index contributed by atoms with van der Waals surface area (Å²) in [5, 5.41) is 4.40. The molecule has 1 N–H and O–H groups in total. The molecule has 19 heavy (non-hydrogen) atoms. The zero-order valence-corrected chi connectivity index (χ0v) is 11.3. The minimum absolute atomic E-state index is 0.218. The Hall–Kier alpha value is -1.68. The van der Waals surface area contributed by atoms with Gasteiger partial charge in [0.2, 0.25) is 0 Å². The van der Waals surface area contributed by atoms with Crippen LogP contribution in [0, 0.1) is 12.7 Å². The molecule has 1 aliphatic heterocycles. The molecule has 2 aromatic rings. The number of rotatable bonds is 2. The molecule has 1 atom stereocenters. The summed E-state index contributed by atoms with van der Waals surface area (Å²) in [6.07, 6.45) is 1.12. The summed E-state index contributed by atoms with van der Waals surface area (Å²) < 4.78 is 13.4. The van der Waals surface area contributed by atoms with Crippen LogP contribution in [0.5, 0.6) is 0 Å². The highest BCUT2D eigenvalue weighted by Gasteiger charge is 2.20. The van der Waals surface area contributed by atoms with Crippen molar-refractivity contribution < 1.29 is 4.39 Å². The van der Waals surface area contributed by atoms with Gasteiger partial charge in [-0.15, -0.1) is 0 Å². The third kappa shape index (κ3) is 2.54. The monoisotopic (exact) mass is 259 g/mol. The van der Waals surface area contributed by atoms with Crippen molar-refractivity contribution in [1.82, 2.24) is 9.88 Å². The fraction of sp³-hybridized carbons (Fsp3) is 0.400. The first-order chi connectivity index (χ1) is 9.11. The molecule has 1 aromatic carbocycles. The number of likely N-dealkylation sites (tertiary alicyclic amines) is 1. The van der Waals surface area contributed by atoms with E-state index < -0.39 is 0 Å². The zero-order chi connectivity index (χ0) is 13.4. The third-order valence-corrected chi connectivity index (χ3v) is 3.65. The summed E-state index contributed by atoms with van der Waals surface area (Å²) in [4.78, 5) is 6.75. The van der Waals surface area contributed by atoms with Crippen LogP contribution in [0.2, 0.25) is 0 Å². The molecule has 0 radical (unpaired) electrons. The van der Waals surface area contributed by atoms with Crippen LogP contribution in [0.3, 0.4) is 0 Å². The van der Waals surface area contributed by atoms with E-state index >= 15 is 0 Å². The molecular formula is C15H18FN3. The van der Waals surface area contributed by atoms with Crippen molar-refractivity contribution in [2.24, 2.45) is 0 Å². The van der Waals surface area contributed by atoms with E-state index in [2.05, 4.69) is 22.2 Å². The second-order valence-electron chi connectivity index (χ2n) is 5.36. The normalized spacial score (nSPS) is 20.1. The van der Waals surface area contributed by atoms with E-state index in [0.29, 0.717) is 6.04 Å². The summed E-state index contributed by atoms with van der Waals surface area (Å²) in [5.41, 5.74) is 2.78. The number of hydrogen-bond acceptors (Lipinski definition) is 3. The SMILES string of the molecule is Cc1cc(NC2CCN(C)C2)c2cc(F)ccc2n1. The molecule has 2 heterocycles. The first kappa shape index (κ1) is 12.4. The quantitative estimate of drug-likeness (QED) is 0.899. The first-order valence-corrected chi connectivity index (χ1v) is 6.64. The summed E-state index contributed by atoms with van der Waals surface area (Å²) in [6, 6.07) is 7.19. The van der Waals surface area contributed by atoms with Crippen LogP contribution in [0.1, 0.15) is 12.1 Å². The van der Waals surface area contributed by atoms with Gasteiger partial charge in [0.05, 0.1) is 5.52 Å². The van der Waals surface area contributed by atoms with E-state index in [-0.39, 0.29) is 5.82 Å². The average molecular weight is 259 g/mol. The number of pyridine rings is 1. The summed E-state index contributed by atoms with van der Waals surface area (Å²) in [5.74, 6) is -0.218. The molecule has 1 unspecified atom stereocenters. The predicted octanol–water partition coefficient (Wildman–Crippen LogP) is 2.80. The Morgan fingerprint density at radius 3 is 2.95 bits per heavy atom. The summed E-state index contributed by atoms with van der Waals surface area (Å²) in [6.45, 7) is 4.10. The van der Waals surface area contributed by atoms with E-state index in [1.165, 1.54) is 6.07 Å². The Balaban J connectivity index is 1.99. The fourth-order valence-corrected chi connectivity index (χ4v) is 2.72. The molecular weight excluding hydrogens is 241 g/mol. The Morgan fingerprint density at radius 2 is 2.21 bits per heavy atom. The van der Waals surface area contributed by atoms with Crippen LogP contribution in [-0.4, -0.2) is 36.1 Å². The molecule has 1 aromatic heterocycles. The Kier molecular flexibility index (Phi) is 3.11. The van der Waals surface area contributed by atoms with E-state index in [9.17, 15) is 4.39 Å². The highest BCUT2D eigenvalue weighted by molar-refractivity contribution is 5.91. The van der Waals surface area contributed by atoms with E-state index in [1.807, 2.05) is 13.0 Å². The number of nitrogens with zero attached hydrogens (tertiary/aromatic N) is 2. The van der Waals surface area contributed by atoms with Gasteiger partial charge in [-0.1, -0.05) is 0 Å². The smallest absolute Gasteiger partial charge is 0.124 e. The largest absolute Gasteiger partial charge is 0.380 e. The van der Waals surface area contributed by atoms with Crippen LogP contribution in [0.15, 0.2) is 24.3 Å². The van der Waals surface area contributed by atoms with Crippen LogP contribution in [-0.2, 0) is 0 Å². The highest BCUT2D eigenvalue weighted by Crippen LogP contribution is 2.26. The van der Waals surface area contributed by atoms with Gasteiger partial charge in [0, 0.05) is 29.4 Å². The molecule has 0 saturated carbocycles. The number of halogens is 1. The molecule has 0 spiro atoms. The molecule has 3 rings (SSSR count). The Labute approximate surface area is 112 Å². The second-order valence-corrected chi connectivity index (χ2v) is 5.36. The van der Waals surface area contributed by atoms with Crippen molar-refractivity contribution in [3.8, 4) is 0 Å². The number of aryl methyl sites for hydroxylation is 1. The minimum atomic E-state index is -0.218. The molecule has 0 amide bonds. The van der Waals surface area contributed by atoms with Gasteiger partial charge in [-0.3, -0.25) is 4.98 Å². The van der Waals surface area contributed by atoms with Crippen molar-refractivity contribution in [1.29, 1.82) is 0 Å². The van der Waals surface area contributed by atoms with Crippen molar-refractivity contribution in [3.05, 3.63) is 35.8 Å². The van der Waals surface area contributed by atoms with Crippen LogP contribution >= 0.6 is 0 Å². The van der Waals surface area contributed by atoms with Crippen LogP contribution < -0.4 is 5.32 Å². The number of anilines is 1. The molecule has 3 nitrogen and oxygen atoms in total. The van der Waals surface area contributed by atoms with Gasteiger partial charge in [0.1, 0.15) is 5.82 Å². The zero-order valence-electron chi connectivity index (χ0n) is 11.3. The van der Waals surface area contributed by atoms with Crippen molar-refractivity contribution >= 4 is 16.6 Å². The molecule has 1 fully saturated rings. The lowest BCUT2D eigenvalue weighted by atomic mass is 10.1. The van der Waals surface area contributed by atoms with Crippen molar-refractivity contribution in [3.63, 3.8) is 0 Å². The number of likely N-dealkylation sites (N-methyl/N-ethyl adjacent to an activating group) is 1. The molecule has 1 aliphatic rings. The average Bonchev–Trinajstić information content (AvgIpc) is 2.76. The third-order valence-electron chi connectivity index (χ3n) is 3.65. The Bertz CT molecular complexity index is 612. The number of hydrogen-bond donors (Lipinski definition) is 1. The summed E-state index contributed by atoms with van der Waals surface area (Å²) >= 11 is 0.